The summed E-state index contributed by atoms with van der Waals surface area (Å²) in [5.74, 6) is 0.380. The molecule has 1 aromatic heterocycles. The number of amides is 1. The summed E-state index contributed by atoms with van der Waals surface area (Å²) in [7, 11) is -3.78. The molecule has 1 saturated heterocycles. The number of benzene rings is 1. The van der Waals surface area contributed by atoms with E-state index in [9.17, 15) is 13.2 Å². The first-order valence-electron chi connectivity index (χ1n) is 8.88. The molecule has 1 aliphatic rings. The smallest absolute Gasteiger partial charge is 0.248 e. The van der Waals surface area contributed by atoms with Crippen molar-refractivity contribution in [2.75, 3.05) is 38.2 Å². The number of carbonyl (C=O) groups is 1. The first kappa shape index (κ1) is 20.1. The Kier molecular flexibility index (Phi) is 6.50. The number of anilines is 1. The molecule has 28 heavy (non-hydrogen) atoms. The van der Waals surface area contributed by atoms with Crippen LogP contribution in [0.4, 0.5) is 5.69 Å². The van der Waals surface area contributed by atoms with E-state index in [1.54, 1.807) is 31.2 Å². The predicted molar refractivity (Wildman–Crippen MR) is 104 cm³/mol. The molecule has 0 radical (unpaired) electrons. The molecule has 2 heterocycles. The molecule has 1 aliphatic heterocycles. The highest BCUT2D eigenvalue weighted by Gasteiger charge is 2.29. The molecule has 2 aromatic rings. The highest BCUT2D eigenvalue weighted by atomic mass is 32.2. The lowest BCUT2D eigenvalue weighted by Crippen LogP contribution is -2.40. The summed E-state index contributed by atoms with van der Waals surface area (Å²) < 4.78 is 43.3. The topological polar surface area (TPSA) is 98.1 Å². The van der Waals surface area contributed by atoms with Gasteiger partial charge in [0.05, 0.1) is 26.1 Å². The molecule has 3 rings (SSSR count). The fourth-order valence-corrected chi connectivity index (χ4v) is 4.28. The Morgan fingerprint density at radius 1 is 1.29 bits per heavy atom. The number of hydrogen-bond acceptors (Lipinski definition) is 6. The van der Waals surface area contributed by atoms with Crippen LogP contribution in [0.5, 0.6) is 5.75 Å². The van der Waals surface area contributed by atoms with Crippen LogP contribution in [0, 0.1) is 0 Å². The van der Waals surface area contributed by atoms with E-state index in [0.29, 0.717) is 31.3 Å². The molecule has 0 atom stereocenters. The Balaban J connectivity index is 1.83. The zero-order chi connectivity index (χ0) is 20.0. The van der Waals surface area contributed by atoms with Gasteiger partial charge in [0.2, 0.25) is 15.9 Å². The number of hydrogen-bond donors (Lipinski definition) is 1. The van der Waals surface area contributed by atoms with Crippen molar-refractivity contribution in [3.05, 3.63) is 48.4 Å². The van der Waals surface area contributed by atoms with Gasteiger partial charge in [0, 0.05) is 24.9 Å². The molecular formula is C19H22N2O6S. The number of rotatable bonds is 7. The van der Waals surface area contributed by atoms with Gasteiger partial charge in [-0.1, -0.05) is 0 Å². The third kappa shape index (κ3) is 4.80. The molecule has 1 N–H and O–H groups in total. The first-order chi connectivity index (χ1) is 13.5. The fraction of sp³-hybridized carbons (Fsp3) is 0.316. The average molecular weight is 406 g/mol. The van der Waals surface area contributed by atoms with E-state index < -0.39 is 15.9 Å². The van der Waals surface area contributed by atoms with E-state index in [2.05, 4.69) is 5.32 Å². The molecule has 0 saturated carbocycles. The fourth-order valence-electron chi connectivity index (χ4n) is 2.72. The van der Waals surface area contributed by atoms with Crippen LogP contribution in [-0.2, 0) is 19.6 Å². The van der Waals surface area contributed by atoms with Gasteiger partial charge in [-0.15, -0.1) is 0 Å². The number of nitrogens with one attached hydrogen (secondary N) is 1. The maximum Gasteiger partial charge on any atom is 0.248 e. The lowest BCUT2D eigenvalue weighted by Gasteiger charge is -2.27. The van der Waals surface area contributed by atoms with Crippen LogP contribution in [0.15, 0.2) is 52.0 Å². The molecule has 0 aliphatic carbocycles. The molecule has 0 spiro atoms. The maximum absolute atomic E-state index is 13.1. The van der Waals surface area contributed by atoms with Crippen LogP contribution >= 0.6 is 0 Å². The minimum Gasteiger partial charge on any atom is -0.492 e. The largest absolute Gasteiger partial charge is 0.492 e. The van der Waals surface area contributed by atoms with Gasteiger partial charge < -0.3 is 19.2 Å². The van der Waals surface area contributed by atoms with E-state index in [4.69, 9.17) is 13.9 Å². The Morgan fingerprint density at radius 2 is 2.07 bits per heavy atom. The van der Waals surface area contributed by atoms with Gasteiger partial charge >= 0.3 is 0 Å². The minimum absolute atomic E-state index is 0.0177. The van der Waals surface area contributed by atoms with Crippen LogP contribution in [0.2, 0.25) is 0 Å². The maximum atomic E-state index is 13.1. The molecule has 1 amide bonds. The van der Waals surface area contributed by atoms with Crippen LogP contribution in [0.25, 0.3) is 6.08 Å². The first-order valence-corrected chi connectivity index (χ1v) is 10.3. The summed E-state index contributed by atoms with van der Waals surface area (Å²) in [6.07, 6.45) is 4.34. The summed E-state index contributed by atoms with van der Waals surface area (Å²) in [6.45, 7) is 3.34. The van der Waals surface area contributed by atoms with E-state index in [1.807, 2.05) is 0 Å². The molecule has 1 aromatic carbocycles. The minimum atomic E-state index is -3.78. The van der Waals surface area contributed by atoms with E-state index in [-0.39, 0.29) is 23.7 Å². The zero-order valence-electron chi connectivity index (χ0n) is 15.5. The third-order valence-corrected chi connectivity index (χ3v) is 5.96. The second-order valence-corrected chi connectivity index (χ2v) is 7.86. The lowest BCUT2D eigenvalue weighted by atomic mass is 10.3. The number of sulfonamides is 1. The molecular weight excluding hydrogens is 384 g/mol. The highest BCUT2D eigenvalue weighted by molar-refractivity contribution is 7.89. The molecule has 1 fully saturated rings. The number of carbonyl (C=O) groups excluding carboxylic acids is 1. The second kappa shape index (κ2) is 9.05. The van der Waals surface area contributed by atoms with Crippen LogP contribution in [0.3, 0.4) is 0 Å². The lowest BCUT2D eigenvalue weighted by molar-refractivity contribution is -0.111. The Bertz CT molecular complexity index is 931. The van der Waals surface area contributed by atoms with Gasteiger partial charge in [0.1, 0.15) is 16.4 Å². The van der Waals surface area contributed by atoms with Crippen molar-refractivity contribution >= 4 is 27.7 Å². The van der Waals surface area contributed by atoms with E-state index >= 15 is 0 Å². The monoisotopic (exact) mass is 406 g/mol. The van der Waals surface area contributed by atoms with Crippen LogP contribution < -0.4 is 10.1 Å². The van der Waals surface area contributed by atoms with Gasteiger partial charge in [-0.05, 0) is 43.3 Å². The molecule has 0 bridgehead atoms. The van der Waals surface area contributed by atoms with Gasteiger partial charge in [-0.2, -0.15) is 4.31 Å². The normalized spacial score (nSPS) is 15.6. The van der Waals surface area contributed by atoms with Gasteiger partial charge in [0.15, 0.2) is 0 Å². The van der Waals surface area contributed by atoms with Crippen molar-refractivity contribution in [1.82, 2.24) is 4.31 Å². The molecule has 0 unspecified atom stereocenters. The molecule has 8 nitrogen and oxygen atoms in total. The van der Waals surface area contributed by atoms with Crippen LogP contribution in [-0.4, -0.2) is 51.5 Å². The van der Waals surface area contributed by atoms with E-state index in [0.717, 1.165) is 0 Å². The van der Waals surface area contributed by atoms with Crippen molar-refractivity contribution in [1.29, 1.82) is 0 Å². The Labute approximate surface area is 163 Å². The quantitative estimate of drug-likeness (QED) is 0.709. The zero-order valence-corrected chi connectivity index (χ0v) is 16.3. The van der Waals surface area contributed by atoms with Gasteiger partial charge in [-0.3, -0.25) is 4.79 Å². The summed E-state index contributed by atoms with van der Waals surface area (Å²) in [4.78, 5) is 12.2. The second-order valence-electron chi connectivity index (χ2n) is 5.95. The van der Waals surface area contributed by atoms with Crippen molar-refractivity contribution in [2.45, 2.75) is 11.8 Å². The third-order valence-electron chi connectivity index (χ3n) is 4.04. The van der Waals surface area contributed by atoms with Crippen molar-refractivity contribution in [3.63, 3.8) is 0 Å². The number of morpholine rings is 1. The SMILES string of the molecule is CCOc1ccc(NC(=O)/C=C/c2ccco2)cc1S(=O)(=O)N1CCOCC1. The van der Waals surface area contributed by atoms with Crippen molar-refractivity contribution < 1.29 is 27.1 Å². The molecule has 150 valence electrons. The highest BCUT2D eigenvalue weighted by Crippen LogP contribution is 2.30. The number of furan rings is 1. The summed E-state index contributed by atoms with van der Waals surface area (Å²) >= 11 is 0. The van der Waals surface area contributed by atoms with Gasteiger partial charge in [0.25, 0.3) is 0 Å². The van der Waals surface area contributed by atoms with Crippen LogP contribution in [0.1, 0.15) is 12.7 Å². The van der Waals surface area contributed by atoms with Crippen molar-refractivity contribution in [3.8, 4) is 5.75 Å². The average Bonchev–Trinajstić information content (AvgIpc) is 3.22. The predicted octanol–water partition coefficient (Wildman–Crippen LogP) is 2.35. The standard InChI is InChI=1S/C19H22N2O6S/c1-2-26-17-7-5-15(20-19(22)8-6-16-4-3-11-27-16)14-18(17)28(23,24)21-9-12-25-13-10-21/h3-8,11,14H,2,9-10,12-13H2,1H3,(H,20,22)/b8-6+. The van der Waals surface area contributed by atoms with E-state index in [1.165, 1.54) is 28.8 Å². The Morgan fingerprint density at radius 3 is 2.75 bits per heavy atom. The Hall–Kier alpha value is -2.62. The summed E-state index contributed by atoms with van der Waals surface area (Å²) in [5.41, 5.74) is 0.351. The summed E-state index contributed by atoms with van der Waals surface area (Å²) in [5, 5.41) is 2.66. The summed E-state index contributed by atoms with van der Waals surface area (Å²) in [6, 6.07) is 7.99. The number of ether oxygens (including phenoxy) is 2. The number of nitrogens with zero attached hydrogens (tertiary/aromatic N) is 1. The molecule has 9 heteroatoms. The van der Waals surface area contributed by atoms with Crippen molar-refractivity contribution in [2.24, 2.45) is 0 Å². The van der Waals surface area contributed by atoms with Gasteiger partial charge in [-0.25, -0.2) is 8.42 Å².